The van der Waals surface area contributed by atoms with Crippen LogP contribution in [0, 0.1) is 10.1 Å². The number of aryl methyl sites for hydroxylation is 1. The zero-order chi connectivity index (χ0) is 15.9. The fraction of sp³-hybridized carbons (Fsp3) is 0.235. The van der Waals surface area contributed by atoms with Crippen LogP contribution in [0.3, 0.4) is 0 Å². The van der Waals surface area contributed by atoms with Crippen molar-refractivity contribution in [3.8, 4) is 0 Å². The van der Waals surface area contributed by atoms with E-state index in [-0.39, 0.29) is 18.1 Å². The maximum atomic E-state index is 11.9. The van der Waals surface area contributed by atoms with Crippen molar-refractivity contribution in [3.05, 3.63) is 75.8 Å². The van der Waals surface area contributed by atoms with Gasteiger partial charge in [0, 0.05) is 12.5 Å². The van der Waals surface area contributed by atoms with Gasteiger partial charge in [-0.2, -0.15) is 0 Å². The molecule has 1 unspecified atom stereocenters. The van der Waals surface area contributed by atoms with Crippen molar-refractivity contribution in [1.82, 2.24) is 0 Å². The van der Waals surface area contributed by atoms with Crippen molar-refractivity contribution in [2.75, 3.05) is 0 Å². The highest BCUT2D eigenvalue weighted by Gasteiger charge is 2.20. The van der Waals surface area contributed by atoms with E-state index in [9.17, 15) is 14.9 Å². The lowest BCUT2D eigenvalue weighted by Crippen LogP contribution is -2.11. The van der Waals surface area contributed by atoms with Gasteiger partial charge in [0.05, 0.1) is 10.5 Å². The molecule has 0 bridgehead atoms. The summed E-state index contributed by atoms with van der Waals surface area (Å²) >= 11 is 0. The number of ether oxygens (including phenoxy) is 1. The van der Waals surface area contributed by atoms with E-state index in [0.717, 1.165) is 5.56 Å². The Morgan fingerprint density at radius 1 is 1.14 bits per heavy atom. The van der Waals surface area contributed by atoms with E-state index in [0.29, 0.717) is 12.0 Å². The van der Waals surface area contributed by atoms with Gasteiger partial charge in [0.25, 0.3) is 5.69 Å². The van der Waals surface area contributed by atoms with Gasteiger partial charge in [0.15, 0.2) is 0 Å². The summed E-state index contributed by atoms with van der Waals surface area (Å²) in [5, 5.41) is 11.0. The van der Waals surface area contributed by atoms with Crippen molar-refractivity contribution in [2.24, 2.45) is 0 Å². The lowest BCUT2D eigenvalue weighted by molar-refractivity contribution is -0.386. The summed E-state index contributed by atoms with van der Waals surface area (Å²) in [6.45, 7) is 1.64. The molecule has 0 spiro atoms. The summed E-state index contributed by atoms with van der Waals surface area (Å²) in [5.74, 6) is -0.366. The van der Waals surface area contributed by atoms with Crippen molar-refractivity contribution in [2.45, 2.75) is 25.9 Å². The van der Waals surface area contributed by atoms with E-state index in [1.807, 2.05) is 30.3 Å². The van der Waals surface area contributed by atoms with Crippen molar-refractivity contribution in [1.29, 1.82) is 0 Å². The molecule has 1 atom stereocenters. The number of nitro benzene ring substituents is 1. The SMILES string of the molecule is CC(OC(=O)CCc1ccccc1)c1ccccc1[N+](=O)[O-]. The molecule has 5 nitrogen and oxygen atoms in total. The topological polar surface area (TPSA) is 69.4 Å². The number of carbonyl (C=O) groups excluding carboxylic acids is 1. The van der Waals surface area contributed by atoms with Crippen LogP contribution in [0.25, 0.3) is 0 Å². The molecule has 0 aliphatic heterocycles. The van der Waals surface area contributed by atoms with Crippen LogP contribution < -0.4 is 0 Å². The molecule has 0 aromatic heterocycles. The van der Waals surface area contributed by atoms with E-state index in [1.165, 1.54) is 6.07 Å². The third-order valence-electron chi connectivity index (χ3n) is 3.34. The number of hydrogen-bond donors (Lipinski definition) is 0. The predicted octanol–water partition coefficient (Wildman–Crippen LogP) is 3.83. The smallest absolute Gasteiger partial charge is 0.306 e. The van der Waals surface area contributed by atoms with Crippen LogP contribution in [-0.2, 0) is 16.0 Å². The summed E-state index contributed by atoms with van der Waals surface area (Å²) in [6.07, 6.45) is 0.183. The van der Waals surface area contributed by atoms with Gasteiger partial charge in [0.1, 0.15) is 6.10 Å². The molecule has 2 aromatic carbocycles. The number of nitro groups is 1. The standard InChI is InChI=1S/C17H17NO4/c1-13(15-9-5-6-10-16(15)18(20)21)22-17(19)12-11-14-7-3-2-4-8-14/h2-10,13H,11-12H2,1H3. The second-order valence-corrected chi connectivity index (χ2v) is 4.93. The minimum atomic E-state index is -0.648. The highest BCUT2D eigenvalue weighted by atomic mass is 16.6. The maximum absolute atomic E-state index is 11.9. The van der Waals surface area contributed by atoms with Gasteiger partial charge in [-0.3, -0.25) is 14.9 Å². The summed E-state index contributed by atoms with van der Waals surface area (Å²) < 4.78 is 5.31. The molecule has 0 amide bonds. The van der Waals surface area contributed by atoms with Crippen LogP contribution in [0.1, 0.15) is 30.6 Å². The van der Waals surface area contributed by atoms with Crippen LogP contribution in [-0.4, -0.2) is 10.9 Å². The van der Waals surface area contributed by atoms with Crippen molar-refractivity contribution < 1.29 is 14.5 Å². The van der Waals surface area contributed by atoms with Gasteiger partial charge in [0.2, 0.25) is 0 Å². The van der Waals surface area contributed by atoms with E-state index in [1.54, 1.807) is 25.1 Å². The fourth-order valence-electron chi connectivity index (χ4n) is 2.21. The van der Waals surface area contributed by atoms with Crippen LogP contribution in [0.5, 0.6) is 0 Å². The van der Waals surface area contributed by atoms with Crippen molar-refractivity contribution >= 4 is 11.7 Å². The van der Waals surface area contributed by atoms with Crippen LogP contribution in [0.15, 0.2) is 54.6 Å². The van der Waals surface area contributed by atoms with Gasteiger partial charge in [-0.1, -0.05) is 42.5 Å². The molecule has 0 radical (unpaired) electrons. The number of para-hydroxylation sites is 1. The first kappa shape index (κ1) is 15.7. The van der Waals surface area contributed by atoms with Gasteiger partial charge in [-0.25, -0.2) is 0 Å². The Morgan fingerprint density at radius 3 is 2.45 bits per heavy atom. The second kappa shape index (κ2) is 7.36. The largest absolute Gasteiger partial charge is 0.457 e. The van der Waals surface area contributed by atoms with E-state index < -0.39 is 11.0 Å². The Labute approximate surface area is 128 Å². The van der Waals surface area contributed by atoms with Crippen molar-refractivity contribution in [3.63, 3.8) is 0 Å². The molecule has 0 saturated carbocycles. The van der Waals surface area contributed by atoms with Crippen LogP contribution in [0.2, 0.25) is 0 Å². The van der Waals surface area contributed by atoms with E-state index in [2.05, 4.69) is 0 Å². The normalized spacial score (nSPS) is 11.7. The Hall–Kier alpha value is -2.69. The first-order valence-corrected chi connectivity index (χ1v) is 7.04. The number of hydrogen-bond acceptors (Lipinski definition) is 4. The molecule has 0 aliphatic carbocycles. The quantitative estimate of drug-likeness (QED) is 0.462. The monoisotopic (exact) mass is 299 g/mol. The average Bonchev–Trinajstić information content (AvgIpc) is 2.54. The van der Waals surface area contributed by atoms with E-state index >= 15 is 0 Å². The molecule has 22 heavy (non-hydrogen) atoms. The zero-order valence-corrected chi connectivity index (χ0v) is 12.3. The average molecular weight is 299 g/mol. The third kappa shape index (κ3) is 4.15. The molecule has 0 saturated heterocycles. The summed E-state index contributed by atoms with van der Waals surface area (Å²) in [7, 11) is 0. The molecule has 114 valence electrons. The van der Waals surface area contributed by atoms with Crippen LogP contribution >= 0.6 is 0 Å². The molecule has 5 heteroatoms. The van der Waals surface area contributed by atoms with Gasteiger partial charge < -0.3 is 4.74 Å². The third-order valence-corrected chi connectivity index (χ3v) is 3.34. The number of carbonyl (C=O) groups is 1. The van der Waals surface area contributed by atoms with Crippen LogP contribution in [0.4, 0.5) is 5.69 Å². The second-order valence-electron chi connectivity index (χ2n) is 4.93. The van der Waals surface area contributed by atoms with Gasteiger partial charge >= 0.3 is 5.97 Å². The fourth-order valence-corrected chi connectivity index (χ4v) is 2.21. The summed E-state index contributed by atoms with van der Waals surface area (Å²) in [5.41, 5.74) is 1.42. The zero-order valence-electron chi connectivity index (χ0n) is 12.3. The Morgan fingerprint density at radius 2 is 1.77 bits per heavy atom. The molecule has 2 rings (SSSR count). The minimum absolute atomic E-state index is 0.0362. The Balaban J connectivity index is 1.95. The number of rotatable bonds is 6. The molecular weight excluding hydrogens is 282 g/mol. The molecule has 0 N–H and O–H groups in total. The first-order chi connectivity index (χ1) is 10.6. The summed E-state index contributed by atoms with van der Waals surface area (Å²) in [4.78, 5) is 22.4. The van der Waals surface area contributed by atoms with Gasteiger partial charge in [-0.15, -0.1) is 0 Å². The molecule has 0 aliphatic rings. The first-order valence-electron chi connectivity index (χ1n) is 7.04. The summed E-state index contributed by atoms with van der Waals surface area (Å²) in [6, 6.07) is 15.9. The molecule has 0 fully saturated rings. The predicted molar refractivity (Wildman–Crippen MR) is 82.4 cm³/mol. The highest BCUT2D eigenvalue weighted by molar-refractivity contribution is 5.70. The number of benzene rings is 2. The number of esters is 1. The Bertz CT molecular complexity index is 655. The lowest BCUT2D eigenvalue weighted by Gasteiger charge is -2.13. The molecule has 0 heterocycles. The molecular formula is C17H17NO4. The number of nitrogens with zero attached hydrogens (tertiary/aromatic N) is 1. The maximum Gasteiger partial charge on any atom is 0.306 e. The van der Waals surface area contributed by atoms with E-state index in [4.69, 9.17) is 4.74 Å². The minimum Gasteiger partial charge on any atom is -0.457 e. The highest BCUT2D eigenvalue weighted by Crippen LogP contribution is 2.27. The lowest BCUT2D eigenvalue weighted by atomic mass is 10.1. The van der Waals surface area contributed by atoms with Gasteiger partial charge in [-0.05, 0) is 25.0 Å². The Kier molecular flexibility index (Phi) is 5.25. The molecule has 2 aromatic rings.